The predicted octanol–water partition coefficient (Wildman–Crippen LogP) is 2.62. The first-order valence-corrected chi connectivity index (χ1v) is 5.89. The molecule has 16 heavy (non-hydrogen) atoms. The second-order valence-corrected chi connectivity index (χ2v) is 5.08. The van der Waals surface area contributed by atoms with Crippen LogP contribution in [-0.2, 0) is 16.0 Å². The monoisotopic (exact) mass is 258 g/mol. The smallest absolute Gasteiger partial charge is 0.317 e. The molecule has 0 aliphatic carbocycles. The Balaban J connectivity index is 2.71. The number of carbonyl (C=O) groups is 2. The maximum absolute atomic E-state index is 10.9. The molecule has 0 aliphatic heterocycles. The summed E-state index contributed by atoms with van der Waals surface area (Å²) in [5.41, 5.74) is 0.852. The number of aliphatic carboxylic acids is 1. The van der Waals surface area contributed by atoms with Crippen LogP contribution in [0.2, 0.25) is 5.02 Å². The number of carbonyl (C=O) groups excluding carboxylic acids is 1. The van der Waals surface area contributed by atoms with E-state index in [2.05, 4.69) is 0 Å². The van der Waals surface area contributed by atoms with E-state index >= 15 is 0 Å². The summed E-state index contributed by atoms with van der Waals surface area (Å²) in [6.45, 7) is 1.36. The minimum atomic E-state index is -0.977. The molecule has 0 fully saturated rings. The number of carboxylic acids is 1. The Hall–Kier alpha value is -1.00. The highest BCUT2D eigenvalue weighted by molar-refractivity contribution is 8.14. The van der Waals surface area contributed by atoms with Gasteiger partial charge in [-0.1, -0.05) is 35.5 Å². The first-order valence-electron chi connectivity index (χ1n) is 4.63. The summed E-state index contributed by atoms with van der Waals surface area (Å²) in [5, 5.41) is 8.61. The van der Waals surface area contributed by atoms with Crippen LogP contribution in [0.25, 0.3) is 0 Å². The second kappa shape index (κ2) is 5.92. The molecule has 3 nitrogen and oxygen atoms in total. The van der Waals surface area contributed by atoms with Crippen LogP contribution in [0.4, 0.5) is 0 Å². The van der Waals surface area contributed by atoms with E-state index < -0.39 is 11.2 Å². The number of halogens is 1. The molecule has 1 atom stereocenters. The third-order valence-corrected chi connectivity index (χ3v) is 3.15. The van der Waals surface area contributed by atoms with Crippen LogP contribution in [0.5, 0.6) is 0 Å². The van der Waals surface area contributed by atoms with Crippen molar-refractivity contribution in [2.24, 2.45) is 0 Å². The minimum absolute atomic E-state index is 0.193. The van der Waals surface area contributed by atoms with Crippen molar-refractivity contribution in [2.75, 3.05) is 0 Å². The highest BCUT2D eigenvalue weighted by Gasteiger charge is 2.20. The molecule has 0 amide bonds. The lowest BCUT2D eigenvalue weighted by Crippen LogP contribution is -2.20. The summed E-state index contributed by atoms with van der Waals surface area (Å²) in [4.78, 5) is 21.8. The Bertz CT molecular complexity index is 389. The highest BCUT2D eigenvalue weighted by atomic mass is 35.5. The van der Waals surface area contributed by atoms with Crippen LogP contribution in [-0.4, -0.2) is 21.4 Å². The minimum Gasteiger partial charge on any atom is -0.480 e. The van der Waals surface area contributed by atoms with Gasteiger partial charge in [0.2, 0.25) is 0 Å². The van der Waals surface area contributed by atoms with Crippen LogP contribution in [0.1, 0.15) is 12.5 Å². The molecule has 0 aromatic heterocycles. The third-order valence-electron chi connectivity index (χ3n) is 1.92. The molecular weight excluding hydrogens is 248 g/mol. The van der Waals surface area contributed by atoms with Crippen LogP contribution in [0.3, 0.4) is 0 Å². The molecule has 1 aromatic carbocycles. The summed E-state index contributed by atoms with van der Waals surface area (Å²) in [5.74, 6) is -0.977. The fourth-order valence-electron chi connectivity index (χ4n) is 1.21. The van der Waals surface area contributed by atoms with Crippen molar-refractivity contribution >= 4 is 34.4 Å². The number of carboxylic acid groups (broad SMARTS) is 1. The molecule has 1 aromatic rings. The number of hydrogen-bond acceptors (Lipinski definition) is 3. The Labute approximate surface area is 103 Å². The van der Waals surface area contributed by atoms with Gasteiger partial charge in [0.05, 0.1) is 0 Å². The molecule has 0 bridgehead atoms. The quantitative estimate of drug-likeness (QED) is 0.902. The van der Waals surface area contributed by atoms with Gasteiger partial charge in [0.1, 0.15) is 5.25 Å². The average molecular weight is 259 g/mol. The van der Waals surface area contributed by atoms with Gasteiger partial charge >= 0.3 is 5.97 Å². The van der Waals surface area contributed by atoms with Crippen LogP contribution < -0.4 is 0 Å². The zero-order valence-electron chi connectivity index (χ0n) is 8.64. The van der Waals surface area contributed by atoms with Gasteiger partial charge in [-0.15, -0.1) is 0 Å². The second-order valence-electron chi connectivity index (χ2n) is 3.27. The topological polar surface area (TPSA) is 54.4 Å². The summed E-state index contributed by atoms with van der Waals surface area (Å²) in [7, 11) is 0. The molecule has 0 saturated carbocycles. The van der Waals surface area contributed by atoms with Crippen molar-refractivity contribution in [3.63, 3.8) is 0 Å². The number of hydrogen-bond donors (Lipinski definition) is 1. The van der Waals surface area contributed by atoms with Gasteiger partial charge in [-0.3, -0.25) is 9.59 Å². The Kier molecular flexibility index (Phi) is 4.83. The summed E-state index contributed by atoms with van der Waals surface area (Å²) >= 11 is 6.55. The van der Waals surface area contributed by atoms with Gasteiger partial charge in [-0.05, 0) is 24.1 Å². The van der Waals surface area contributed by atoms with Crippen molar-refractivity contribution in [1.29, 1.82) is 0 Å². The fourth-order valence-corrected chi connectivity index (χ4v) is 2.12. The lowest BCUT2D eigenvalue weighted by atomic mass is 10.1. The molecule has 0 heterocycles. The lowest BCUT2D eigenvalue weighted by Gasteiger charge is -2.09. The lowest BCUT2D eigenvalue weighted by molar-refractivity contribution is -0.136. The standard InChI is InChI=1S/C11H11ClO3S/c1-7(13)16-10(11(14)15)6-8-2-4-9(12)5-3-8/h2-5,10H,6H2,1H3,(H,14,15). The van der Waals surface area contributed by atoms with Crippen molar-refractivity contribution in [3.8, 4) is 0 Å². The third kappa shape index (κ3) is 4.24. The summed E-state index contributed by atoms with van der Waals surface area (Å²) in [6, 6.07) is 6.93. The Morgan fingerprint density at radius 3 is 2.38 bits per heavy atom. The molecule has 5 heteroatoms. The predicted molar refractivity (Wildman–Crippen MR) is 64.9 cm³/mol. The van der Waals surface area contributed by atoms with Gasteiger partial charge in [0, 0.05) is 11.9 Å². The molecular formula is C11H11ClO3S. The van der Waals surface area contributed by atoms with E-state index in [0.29, 0.717) is 11.4 Å². The van der Waals surface area contributed by atoms with Crippen molar-refractivity contribution in [2.45, 2.75) is 18.6 Å². The van der Waals surface area contributed by atoms with Crippen molar-refractivity contribution in [1.82, 2.24) is 0 Å². The molecule has 1 rings (SSSR count). The summed E-state index contributed by atoms with van der Waals surface area (Å²) < 4.78 is 0. The van der Waals surface area contributed by atoms with E-state index in [1.54, 1.807) is 24.3 Å². The fraction of sp³-hybridized carbons (Fsp3) is 0.273. The molecule has 0 spiro atoms. The normalized spacial score (nSPS) is 12.1. The van der Waals surface area contributed by atoms with E-state index in [1.165, 1.54) is 6.92 Å². The van der Waals surface area contributed by atoms with Gasteiger partial charge in [-0.2, -0.15) is 0 Å². The van der Waals surface area contributed by atoms with Gasteiger partial charge < -0.3 is 5.11 Å². The molecule has 1 unspecified atom stereocenters. The van der Waals surface area contributed by atoms with E-state index in [9.17, 15) is 9.59 Å². The van der Waals surface area contributed by atoms with E-state index in [4.69, 9.17) is 16.7 Å². The zero-order valence-corrected chi connectivity index (χ0v) is 10.2. The molecule has 0 radical (unpaired) electrons. The molecule has 1 N–H and O–H groups in total. The number of rotatable bonds is 4. The van der Waals surface area contributed by atoms with E-state index in [0.717, 1.165) is 17.3 Å². The SMILES string of the molecule is CC(=O)SC(Cc1ccc(Cl)cc1)C(=O)O. The first-order chi connectivity index (χ1) is 7.49. The van der Waals surface area contributed by atoms with Gasteiger partial charge in [0.25, 0.3) is 0 Å². The van der Waals surface area contributed by atoms with E-state index in [-0.39, 0.29) is 5.12 Å². The van der Waals surface area contributed by atoms with E-state index in [1.807, 2.05) is 0 Å². The number of thioether (sulfide) groups is 1. The largest absolute Gasteiger partial charge is 0.480 e. The zero-order chi connectivity index (χ0) is 12.1. The van der Waals surface area contributed by atoms with Crippen molar-refractivity contribution in [3.05, 3.63) is 34.9 Å². The highest BCUT2D eigenvalue weighted by Crippen LogP contribution is 2.19. The van der Waals surface area contributed by atoms with Crippen LogP contribution in [0.15, 0.2) is 24.3 Å². The molecule has 0 saturated heterocycles. The first kappa shape index (κ1) is 13.1. The molecule has 86 valence electrons. The van der Waals surface area contributed by atoms with Gasteiger partial charge in [0.15, 0.2) is 5.12 Å². The number of benzene rings is 1. The molecule has 0 aliphatic rings. The van der Waals surface area contributed by atoms with Crippen LogP contribution in [0, 0.1) is 0 Å². The maximum Gasteiger partial charge on any atom is 0.317 e. The van der Waals surface area contributed by atoms with Gasteiger partial charge in [-0.25, -0.2) is 0 Å². The van der Waals surface area contributed by atoms with Crippen LogP contribution >= 0.6 is 23.4 Å². The Morgan fingerprint density at radius 2 is 1.94 bits per heavy atom. The Morgan fingerprint density at radius 1 is 1.38 bits per heavy atom. The summed E-state index contributed by atoms with van der Waals surface area (Å²) in [6.07, 6.45) is 0.316. The van der Waals surface area contributed by atoms with Crippen molar-refractivity contribution < 1.29 is 14.7 Å². The maximum atomic E-state index is 10.9. The average Bonchev–Trinajstić information content (AvgIpc) is 2.19.